The van der Waals surface area contributed by atoms with Crippen molar-refractivity contribution in [3.05, 3.63) is 78.6 Å². The van der Waals surface area contributed by atoms with Crippen molar-refractivity contribution in [3.63, 3.8) is 0 Å². The lowest BCUT2D eigenvalue weighted by Gasteiger charge is -2.18. The molecule has 0 aliphatic rings. The van der Waals surface area contributed by atoms with Gasteiger partial charge in [0.15, 0.2) is 9.84 Å². The van der Waals surface area contributed by atoms with Gasteiger partial charge in [0.2, 0.25) is 0 Å². The molecule has 0 unspecified atom stereocenters. The molecule has 316 valence electrons. The highest BCUT2D eigenvalue weighted by Crippen LogP contribution is 2.46. The van der Waals surface area contributed by atoms with Crippen LogP contribution in [0.15, 0.2) is 103 Å². The van der Waals surface area contributed by atoms with E-state index in [1.165, 1.54) is 70.5 Å². The number of rotatable bonds is 21. The number of nitrogen functional groups attached to an aromatic ring is 1. The van der Waals surface area contributed by atoms with Crippen molar-refractivity contribution in [2.45, 2.75) is 26.5 Å². The average Bonchev–Trinajstić information content (AvgIpc) is 3.20. The molecule has 5 aromatic rings. The predicted octanol–water partition coefficient (Wildman–Crippen LogP) is 5.21. The average molecular weight is 941 g/mol. The van der Waals surface area contributed by atoms with Crippen molar-refractivity contribution in [1.29, 1.82) is 0 Å². The minimum atomic E-state index is -4.84. The van der Waals surface area contributed by atoms with Crippen LogP contribution in [-0.2, 0) is 52.5 Å². The first kappa shape index (κ1) is 45.8. The molecule has 0 aliphatic carbocycles. The lowest BCUT2D eigenvalue weighted by molar-refractivity contribution is -0.798. The number of nitrogens with zero attached hydrogens (tertiary/aromatic N) is 6. The third kappa shape index (κ3) is 12.0. The predicted molar refractivity (Wildman–Crippen MR) is 206 cm³/mol. The molecule has 0 spiro atoms. The second-order valence-electron chi connectivity index (χ2n) is 11.0. The standard InChI is InChI=1S/C29H27ClN8O16S5/c1-2-37(19-4-3-5-21(13-19)58(43,44)9-8-48-59(45,46)47)38-16-32-15-36(29(38)30)35-18-6-7-22(24(12-18)56-53-50-41)33-34-28-26-17(11-25(27(28)31)57-54-51-42)10-20(14-23(26)39)55-52-49-40/h3-7,10-16H,2,8-9H2,1H3,(H6-2,31,33,34,35,39,40,41,42,45,46,47)/p+2. The maximum atomic E-state index is 12.9. The first-order chi connectivity index (χ1) is 28.2. The molecule has 30 heteroatoms. The number of aromatic hydroxyl groups is 1. The maximum Gasteiger partial charge on any atom is 0.469 e. The lowest BCUT2D eigenvalue weighted by Crippen LogP contribution is -2.63. The van der Waals surface area contributed by atoms with Gasteiger partial charge in [-0.25, -0.2) is 28.4 Å². The molecule has 24 nitrogen and oxygen atoms in total. The summed E-state index contributed by atoms with van der Waals surface area (Å²) in [6, 6.07) is 14.6. The Bertz CT molecular complexity index is 2550. The highest BCUT2D eigenvalue weighted by Gasteiger charge is 2.28. The van der Waals surface area contributed by atoms with E-state index < -0.39 is 32.6 Å². The fourth-order valence-corrected chi connectivity index (χ4v) is 8.21. The molecule has 8 N–H and O–H groups in total. The van der Waals surface area contributed by atoms with Gasteiger partial charge < -0.3 is 10.8 Å². The molecule has 0 atom stereocenters. The topological polar surface area (TPSA) is 321 Å². The van der Waals surface area contributed by atoms with Crippen molar-refractivity contribution in [2.75, 3.05) is 35.1 Å². The number of nitrogens with two attached hydrogens (primary N) is 1. The Morgan fingerprint density at radius 2 is 1.63 bits per heavy atom. The van der Waals surface area contributed by atoms with Gasteiger partial charge in [-0.05, 0) is 76.3 Å². The quantitative estimate of drug-likeness (QED) is 0.00944. The SMILES string of the molecule is CCN(c1cccc(S(=O)(=O)CCOS(=O)(=O)O)c1)[n+]1cnc[n+](Nc2ccc(N=Nc3c(N)c(SOOO)cc4cc(SOOO)cc(O)c34)c(SOOO)c2)c1Cl. The summed E-state index contributed by atoms with van der Waals surface area (Å²) in [7, 11) is -8.89. The monoisotopic (exact) mass is 940 g/mol. The van der Waals surface area contributed by atoms with Crippen molar-refractivity contribution < 1.29 is 83.9 Å². The van der Waals surface area contributed by atoms with E-state index in [1.807, 2.05) is 0 Å². The number of nitrogens with one attached hydrogen (secondary N) is 1. The Kier molecular flexibility index (Phi) is 16.2. The normalized spacial score (nSPS) is 12.1. The zero-order valence-corrected chi connectivity index (χ0v) is 34.3. The van der Waals surface area contributed by atoms with Crippen molar-refractivity contribution in [3.8, 4) is 5.75 Å². The summed E-state index contributed by atoms with van der Waals surface area (Å²) in [5.41, 5.74) is 10.1. The summed E-state index contributed by atoms with van der Waals surface area (Å²) >= 11 is 8.43. The van der Waals surface area contributed by atoms with Crippen LogP contribution in [0.4, 0.5) is 28.4 Å². The van der Waals surface area contributed by atoms with Gasteiger partial charge in [0, 0.05) is 16.5 Å². The van der Waals surface area contributed by atoms with Crippen LogP contribution in [0.1, 0.15) is 6.92 Å². The summed E-state index contributed by atoms with van der Waals surface area (Å²) in [5, 5.41) is 58.8. The van der Waals surface area contributed by atoms with Gasteiger partial charge in [-0.2, -0.15) is 18.9 Å². The Morgan fingerprint density at radius 1 is 0.915 bits per heavy atom. The van der Waals surface area contributed by atoms with E-state index in [1.54, 1.807) is 24.1 Å². The molecule has 4 aromatic carbocycles. The van der Waals surface area contributed by atoms with Crippen LogP contribution in [0.2, 0.25) is 5.28 Å². The number of phenolic OH excluding ortho intramolecular Hbond substituents is 1. The number of benzene rings is 4. The Labute approximate surface area is 350 Å². The van der Waals surface area contributed by atoms with Gasteiger partial charge in [0.1, 0.15) is 17.1 Å². The van der Waals surface area contributed by atoms with Crippen LogP contribution >= 0.6 is 47.7 Å². The highest BCUT2D eigenvalue weighted by atomic mass is 35.5. The second-order valence-corrected chi connectivity index (χ2v) is 16.8. The van der Waals surface area contributed by atoms with Crippen molar-refractivity contribution in [2.24, 2.45) is 10.2 Å². The third-order valence-corrected chi connectivity index (χ3v) is 11.8. The molecule has 0 radical (unpaired) electrons. The Morgan fingerprint density at radius 3 is 2.32 bits per heavy atom. The number of hydrogen-bond donors (Lipinski definition) is 7. The summed E-state index contributed by atoms with van der Waals surface area (Å²) in [6.07, 6.45) is 2.70. The summed E-state index contributed by atoms with van der Waals surface area (Å²) in [5.74, 6) is -1.06. The van der Waals surface area contributed by atoms with Crippen LogP contribution in [0.5, 0.6) is 5.75 Å². The minimum absolute atomic E-state index is 0.0112. The number of fused-ring (bicyclic) bond motifs is 1. The molecule has 1 aromatic heterocycles. The van der Waals surface area contributed by atoms with Gasteiger partial charge >= 0.3 is 28.3 Å². The largest absolute Gasteiger partial charge is 0.507 e. The number of sulfone groups is 1. The summed E-state index contributed by atoms with van der Waals surface area (Å²) in [6.45, 7) is 1.21. The van der Waals surface area contributed by atoms with Gasteiger partial charge in [-0.3, -0.25) is 4.55 Å². The van der Waals surface area contributed by atoms with E-state index in [9.17, 15) is 21.9 Å². The highest BCUT2D eigenvalue weighted by molar-refractivity contribution is 7.95. The van der Waals surface area contributed by atoms with E-state index in [2.05, 4.69) is 52.9 Å². The van der Waals surface area contributed by atoms with E-state index in [0.717, 1.165) is 0 Å². The fraction of sp³-hybridized carbons (Fsp3) is 0.138. The van der Waals surface area contributed by atoms with Crippen molar-refractivity contribution in [1.82, 2.24) is 4.98 Å². The summed E-state index contributed by atoms with van der Waals surface area (Å²) < 4.78 is 76.9. The van der Waals surface area contributed by atoms with Gasteiger partial charge in [-0.1, -0.05) is 21.2 Å². The molecule has 0 aliphatic heterocycles. The van der Waals surface area contributed by atoms with E-state index in [0.29, 0.717) is 57.8 Å². The number of anilines is 3. The summed E-state index contributed by atoms with van der Waals surface area (Å²) in [4.78, 5) is 4.74. The van der Waals surface area contributed by atoms with Crippen LogP contribution in [0.3, 0.4) is 0 Å². The Balaban J connectivity index is 1.46. The van der Waals surface area contributed by atoms with Crippen LogP contribution in [0, 0.1) is 0 Å². The van der Waals surface area contributed by atoms with Gasteiger partial charge in [0.25, 0.3) is 0 Å². The zero-order valence-electron chi connectivity index (χ0n) is 29.5. The molecule has 0 amide bonds. The van der Waals surface area contributed by atoms with Crippen LogP contribution < -0.4 is 25.5 Å². The molecule has 0 fully saturated rings. The van der Waals surface area contributed by atoms with Gasteiger partial charge in [-0.15, -0.1) is 23.2 Å². The van der Waals surface area contributed by atoms with E-state index >= 15 is 0 Å². The minimum Gasteiger partial charge on any atom is -0.507 e. The number of aromatic nitrogens is 3. The van der Waals surface area contributed by atoms with Crippen molar-refractivity contribution >= 4 is 107 Å². The maximum absolute atomic E-state index is 12.9. The van der Waals surface area contributed by atoms with Crippen LogP contribution in [-0.4, -0.2) is 66.2 Å². The smallest absolute Gasteiger partial charge is 0.469 e. The number of azo groups is 1. The van der Waals surface area contributed by atoms with Gasteiger partial charge in [0.05, 0.1) is 97.2 Å². The molecule has 59 heavy (non-hydrogen) atoms. The van der Waals surface area contributed by atoms with E-state index in [-0.39, 0.29) is 54.7 Å². The number of hydrogen-bond acceptors (Lipinski definition) is 24. The first-order valence-electron chi connectivity index (χ1n) is 15.7. The molecular weight excluding hydrogens is 912 g/mol. The molecule has 0 saturated carbocycles. The first-order valence-corrected chi connectivity index (χ1v) is 21.4. The number of phenols is 1. The molecular formula is C29H29ClN8O16S5+2. The molecule has 1 heterocycles. The lowest BCUT2D eigenvalue weighted by atomic mass is 10.1. The second kappa shape index (κ2) is 20.8. The zero-order chi connectivity index (χ0) is 42.7. The third-order valence-electron chi connectivity index (χ3n) is 7.47. The van der Waals surface area contributed by atoms with E-state index in [4.69, 9.17) is 37.7 Å². The molecule has 0 saturated heterocycles. The fourth-order valence-electron chi connectivity index (χ4n) is 5.09. The number of halogens is 1. The Hall–Kier alpha value is -4.25. The van der Waals surface area contributed by atoms with Crippen LogP contribution in [0.25, 0.3) is 10.8 Å². The molecule has 5 rings (SSSR count). The molecule has 0 bridgehead atoms.